The van der Waals surface area contributed by atoms with E-state index in [1.54, 1.807) is 0 Å². The summed E-state index contributed by atoms with van der Waals surface area (Å²) >= 11 is 6.03. The van der Waals surface area contributed by atoms with Crippen LogP contribution in [0.25, 0.3) is 0 Å². The maximum atomic E-state index is 6.03. The number of nitrogens with one attached hydrogen (secondary N) is 2. The van der Waals surface area contributed by atoms with E-state index in [1.807, 2.05) is 0 Å². The standard InChI is InChI=1S/C8H20BClN2/c1-7(2,3)11-9(10)12-8(4,5)6/h11-12H,1-6H3. The molecule has 0 aromatic rings. The van der Waals surface area contributed by atoms with Crippen LogP contribution in [0.15, 0.2) is 0 Å². The van der Waals surface area contributed by atoms with E-state index in [0.29, 0.717) is 0 Å². The number of hydrogen-bond acceptors (Lipinski definition) is 2. The lowest BCUT2D eigenvalue weighted by Crippen LogP contribution is -2.57. The second kappa shape index (κ2) is 3.99. The lowest BCUT2D eigenvalue weighted by atomic mass is 9.95. The maximum absolute atomic E-state index is 6.03. The SMILES string of the molecule is CC(C)(C)NB(Cl)NC(C)(C)C. The second-order valence-corrected chi connectivity index (χ2v) is 5.59. The molecule has 0 fully saturated rings. The van der Waals surface area contributed by atoms with Crippen molar-refractivity contribution in [3.05, 3.63) is 0 Å². The summed E-state index contributed by atoms with van der Waals surface area (Å²) in [5.41, 5.74) is 0.0926. The van der Waals surface area contributed by atoms with Crippen LogP contribution in [0.4, 0.5) is 0 Å². The van der Waals surface area contributed by atoms with Gasteiger partial charge in [-0.05, 0) is 41.5 Å². The molecule has 0 aliphatic carbocycles. The number of halogens is 1. The largest absolute Gasteiger partial charge is 0.414 e. The maximum Gasteiger partial charge on any atom is 0.414 e. The third kappa shape index (κ3) is 8.37. The second-order valence-electron chi connectivity index (χ2n) is 5.15. The van der Waals surface area contributed by atoms with Gasteiger partial charge in [0, 0.05) is 11.1 Å². The zero-order valence-corrected chi connectivity index (χ0v) is 9.71. The third-order valence-corrected chi connectivity index (χ3v) is 1.34. The van der Waals surface area contributed by atoms with Crippen molar-refractivity contribution in [2.75, 3.05) is 0 Å². The Bertz CT molecular complexity index is 121. The summed E-state index contributed by atoms with van der Waals surface area (Å²) in [6.45, 7) is 12.5. The molecule has 0 radical (unpaired) electrons. The molecule has 2 N–H and O–H groups in total. The molecule has 0 aromatic carbocycles. The van der Waals surface area contributed by atoms with Gasteiger partial charge in [0.25, 0.3) is 0 Å². The molecule has 12 heavy (non-hydrogen) atoms. The van der Waals surface area contributed by atoms with Gasteiger partial charge in [-0.2, -0.15) is 0 Å². The van der Waals surface area contributed by atoms with E-state index >= 15 is 0 Å². The molecule has 0 saturated carbocycles. The molecule has 2 nitrogen and oxygen atoms in total. The van der Waals surface area contributed by atoms with Crippen molar-refractivity contribution in [3.8, 4) is 0 Å². The van der Waals surface area contributed by atoms with Crippen molar-refractivity contribution in [2.24, 2.45) is 0 Å². The highest BCUT2D eigenvalue weighted by Crippen LogP contribution is 2.04. The van der Waals surface area contributed by atoms with Gasteiger partial charge in [0.05, 0.1) is 0 Å². The van der Waals surface area contributed by atoms with Crippen LogP contribution in [0.2, 0.25) is 0 Å². The van der Waals surface area contributed by atoms with Crippen LogP contribution in [0.1, 0.15) is 41.5 Å². The Balaban J connectivity index is 3.83. The average molecular weight is 191 g/mol. The molecule has 0 unspecified atom stereocenters. The summed E-state index contributed by atoms with van der Waals surface area (Å²) in [7, 11) is 0. The van der Waals surface area contributed by atoms with Crippen LogP contribution in [-0.4, -0.2) is 17.5 Å². The van der Waals surface area contributed by atoms with Gasteiger partial charge in [0.2, 0.25) is 0 Å². The first-order valence-corrected chi connectivity index (χ1v) is 4.73. The van der Waals surface area contributed by atoms with Gasteiger partial charge in [0.15, 0.2) is 0 Å². The molecular formula is C8H20BClN2. The first-order chi connectivity index (χ1) is 5.10. The minimum absolute atomic E-state index is 0.0463. The molecule has 0 amide bonds. The Morgan fingerprint density at radius 3 is 1.25 bits per heavy atom. The molecule has 72 valence electrons. The smallest absolute Gasteiger partial charge is 0.323 e. The molecule has 0 spiro atoms. The van der Waals surface area contributed by atoms with Crippen molar-refractivity contribution >= 4 is 17.9 Å². The minimum Gasteiger partial charge on any atom is -0.323 e. The molecule has 0 aromatic heterocycles. The number of rotatable bonds is 2. The minimum atomic E-state index is -0.176. The van der Waals surface area contributed by atoms with Crippen molar-refractivity contribution in [1.29, 1.82) is 0 Å². The molecular weight excluding hydrogens is 170 g/mol. The van der Waals surface area contributed by atoms with Gasteiger partial charge in [0.1, 0.15) is 0 Å². The van der Waals surface area contributed by atoms with Crippen LogP contribution in [0, 0.1) is 0 Å². The first-order valence-electron chi connectivity index (χ1n) is 4.30. The lowest BCUT2D eigenvalue weighted by molar-refractivity contribution is 0.482. The van der Waals surface area contributed by atoms with Crippen LogP contribution >= 0.6 is 11.5 Å². The van der Waals surface area contributed by atoms with E-state index < -0.39 is 0 Å². The predicted octanol–water partition coefficient (Wildman–Crippen LogP) is 1.99. The third-order valence-electron chi connectivity index (χ3n) is 1.12. The summed E-state index contributed by atoms with van der Waals surface area (Å²) in [4.78, 5) is 0. The van der Waals surface area contributed by atoms with Gasteiger partial charge in [-0.3, -0.25) is 0 Å². The van der Waals surface area contributed by atoms with Crippen molar-refractivity contribution < 1.29 is 0 Å². The molecule has 0 heterocycles. The Labute approximate surface area is 81.5 Å². The normalized spacial score (nSPS) is 13.2. The Morgan fingerprint density at radius 1 is 0.833 bits per heavy atom. The summed E-state index contributed by atoms with van der Waals surface area (Å²) in [5.74, 6) is 0. The lowest BCUT2D eigenvalue weighted by Gasteiger charge is -2.28. The predicted molar refractivity (Wildman–Crippen MR) is 57.4 cm³/mol. The molecule has 0 atom stereocenters. The van der Waals surface area contributed by atoms with Gasteiger partial charge in [-0.15, -0.1) is 11.5 Å². The molecule has 0 saturated heterocycles. The fourth-order valence-corrected chi connectivity index (χ4v) is 1.45. The van der Waals surface area contributed by atoms with Gasteiger partial charge in [-0.1, -0.05) is 0 Å². The molecule has 0 aliphatic heterocycles. The van der Waals surface area contributed by atoms with Gasteiger partial charge < -0.3 is 10.5 Å². The van der Waals surface area contributed by atoms with Crippen molar-refractivity contribution in [3.63, 3.8) is 0 Å². The Kier molecular flexibility index (Phi) is 4.08. The molecule has 4 heteroatoms. The van der Waals surface area contributed by atoms with Crippen LogP contribution in [-0.2, 0) is 0 Å². The van der Waals surface area contributed by atoms with Gasteiger partial charge in [-0.25, -0.2) is 0 Å². The summed E-state index contributed by atoms with van der Waals surface area (Å²) in [6.07, 6.45) is -0.176. The highest BCUT2D eigenvalue weighted by Gasteiger charge is 2.23. The Morgan fingerprint density at radius 2 is 1.08 bits per heavy atom. The van der Waals surface area contributed by atoms with Crippen molar-refractivity contribution in [2.45, 2.75) is 52.6 Å². The molecule has 0 aliphatic rings. The Hall–Kier alpha value is 0.275. The average Bonchev–Trinajstić information content (AvgIpc) is 1.49. The summed E-state index contributed by atoms with van der Waals surface area (Å²) in [6, 6.07) is 0. The summed E-state index contributed by atoms with van der Waals surface area (Å²) < 4.78 is 0. The van der Waals surface area contributed by atoms with Crippen LogP contribution in [0.5, 0.6) is 0 Å². The fraction of sp³-hybridized carbons (Fsp3) is 1.00. The number of hydrogen-bond donors (Lipinski definition) is 2. The van der Waals surface area contributed by atoms with E-state index in [-0.39, 0.29) is 17.5 Å². The van der Waals surface area contributed by atoms with Crippen LogP contribution < -0.4 is 10.5 Å². The van der Waals surface area contributed by atoms with Crippen molar-refractivity contribution in [1.82, 2.24) is 10.5 Å². The highest BCUT2D eigenvalue weighted by molar-refractivity contribution is 7.04. The van der Waals surface area contributed by atoms with E-state index in [4.69, 9.17) is 11.5 Å². The molecule has 0 rings (SSSR count). The fourth-order valence-electron chi connectivity index (χ4n) is 0.796. The van der Waals surface area contributed by atoms with E-state index in [9.17, 15) is 0 Å². The van der Waals surface area contributed by atoms with Crippen LogP contribution in [0.3, 0.4) is 0 Å². The van der Waals surface area contributed by atoms with Gasteiger partial charge >= 0.3 is 6.40 Å². The molecule has 0 bridgehead atoms. The highest BCUT2D eigenvalue weighted by atomic mass is 35.5. The zero-order chi connectivity index (χ0) is 9.99. The monoisotopic (exact) mass is 190 g/mol. The summed E-state index contributed by atoms with van der Waals surface area (Å²) in [5, 5.41) is 6.46. The van der Waals surface area contributed by atoms with E-state index in [0.717, 1.165) is 0 Å². The first kappa shape index (κ1) is 12.3. The quantitative estimate of drug-likeness (QED) is 0.651. The topological polar surface area (TPSA) is 24.1 Å². The van der Waals surface area contributed by atoms with E-state index in [1.165, 1.54) is 0 Å². The zero-order valence-electron chi connectivity index (χ0n) is 8.96. The van der Waals surface area contributed by atoms with E-state index in [2.05, 4.69) is 52.0 Å².